The number of benzene rings is 1. The fourth-order valence-electron chi connectivity index (χ4n) is 1.90. The summed E-state index contributed by atoms with van der Waals surface area (Å²) < 4.78 is 18.8. The van der Waals surface area contributed by atoms with Crippen molar-refractivity contribution in [2.24, 2.45) is 0 Å². The zero-order chi connectivity index (χ0) is 13.7. The quantitative estimate of drug-likeness (QED) is 0.881. The molecule has 1 atom stereocenters. The molecule has 102 valence electrons. The number of thiazole rings is 1. The molecular weight excluding hydrogens is 263 g/mol. The first-order chi connectivity index (χ1) is 9.26. The molecule has 0 aliphatic heterocycles. The number of hydrogen-bond acceptors (Lipinski definition) is 4. The maximum Gasteiger partial charge on any atom is 0.165 e. The third kappa shape index (κ3) is 3.30. The Morgan fingerprint density at radius 3 is 2.89 bits per heavy atom. The molecule has 0 radical (unpaired) electrons. The largest absolute Gasteiger partial charge is 0.494 e. The highest BCUT2D eigenvalue weighted by atomic mass is 32.1. The first kappa shape index (κ1) is 14.0. The smallest absolute Gasteiger partial charge is 0.165 e. The van der Waals surface area contributed by atoms with Crippen LogP contribution in [0.3, 0.4) is 0 Å². The third-order valence-corrected chi connectivity index (χ3v) is 3.68. The fraction of sp³-hybridized carbons (Fsp3) is 0.357. The van der Waals surface area contributed by atoms with Gasteiger partial charge in [0.2, 0.25) is 0 Å². The monoisotopic (exact) mass is 280 g/mol. The van der Waals surface area contributed by atoms with E-state index in [1.807, 2.05) is 12.3 Å². The second kappa shape index (κ2) is 6.63. The lowest BCUT2D eigenvalue weighted by Crippen LogP contribution is -2.22. The van der Waals surface area contributed by atoms with Crippen LogP contribution in [0.2, 0.25) is 0 Å². The van der Waals surface area contributed by atoms with Crippen molar-refractivity contribution in [2.45, 2.75) is 19.4 Å². The van der Waals surface area contributed by atoms with Crippen molar-refractivity contribution in [2.75, 3.05) is 13.7 Å². The van der Waals surface area contributed by atoms with E-state index < -0.39 is 0 Å². The molecule has 3 nitrogen and oxygen atoms in total. The maximum absolute atomic E-state index is 13.8. The summed E-state index contributed by atoms with van der Waals surface area (Å²) in [5.74, 6) is -0.0740. The van der Waals surface area contributed by atoms with Crippen molar-refractivity contribution in [3.05, 3.63) is 46.2 Å². The second-order valence-electron chi connectivity index (χ2n) is 4.18. The van der Waals surface area contributed by atoms with Crippen molar-refractivity contribution in [3.8, 4) is 5.75 Å². The van der Waals surface area contributed by atoms with Gasteiger partial charge in [-0.25, -0.2) is 4.39 Å². The Morgan fingerprint density at radius 1 is 1.47 bits per heavy atom. The van der Waals surface area contributed by atoms with Crippen LogP contribution in [0.5, 0.6) is 5.75 Å². The van der Waals surface area contributed by atoms with Gasteiger partial charge in [0.1, 0.15) is 0 Å². The predicted octanol–water partition coefficient (Wildman–Crippen LogP) is 3.38. The SMILES string of the molecule is CCCNC(c1ccc(OC)c(F)c1)c1cncs1. The summed E-state index contributed by atoms with van der Waals surface area (Å²) in [6.07, 6.45) is 2.84. The van der Waals surface area contributed by atoms with E-state index >= 15 is 0 Å². The molecule has 2 aromatic rings. The molecule has 0 spiro atoms. The number of halogens is 1. The van der Waals surface area contributed by atoms with E-state index in [0.29, 0.717) is 0 Å². The van der Waals surface area contributed by atoms with E-state index in [9.17, 15) is 4.39 Å². The average molecular weight is 280 g/mol. The number of rotatable bonds is 6. The highest BCUT2D eigenvalue weighted by molar-refractivity contribution is 7.09. The third-order valence-electron chi connectivity index (χ3n) is 2.84. The predicted molar refractivity (Wildman–Crippen MR) is 75.2 cm³/mol. The van der Waals surface area contributed by atoms with E-state index in [-0.39, 0.29) is 17.6 Å². The summed E-state index contributed by atoms with van der Waals surface area (Å²) in [6, 6.07) is 5.04. The summed E-state index contributed by atoms with van der Waals surface area (Å²) in [4.78, 5) is 5.17. The Labute approximate surface area is 116 Å². The number of nitrogens with one attached hydrogen (secondary N) is 1. The van der Waals surface area contributed by atoms with Gasteiger partial charge in [-0.15, -0.1) is 11.3 Å². The molecule has 0 bridgehead atoms. The molecule has 0 aliphatic carbocycles. The maximum atomic E-state index is 13.8. The lowest BCUT2D eigenvalue weighted by atomic mass is 10.1. The standard InChI is InChI=1S/C14H17FN2OS/c1-3-6-17-14(13-8-16-9-19-13)10-4-5-12(18-2)11(15)7-10/h4-5,7-9,14,17H,3,6H2,1-2H3. The van der Waals surface area contributed by atoms with Gasteiger partial charge in [-0.05, 0) is 30.7 Å². The lowest BCUT2D eigenvalue weighted by molar-refractivity contribution is 0.385. The zero-order valence-corrected chi connectivity index (χ0v) is 11.8. The number of nitrogens with zero attached hydrogens (tertiary/aromatic N) is 1. The van der Waals surface area contributed by atoms with Crippen LogP contribution in [0.25, 0.3) is 0 Å². The Morgan fingerprint density at radius 2 is 2.32 bits per heavy atom. The van der Waals surface area contributed by atoms with Gasteiger partial charge in [-0.1, -0.05) is 13.0 Å². The first-order valence-electron chi connectivity index (χ1n) is 6.21. The van der Waals surface area contributed by atoms with E-state index in [1.54, 1.807) is 22.9 Å². The molecule has 5 heteroatoms. The molecule has 0 fully saturated rings. The van der Waals surface area contributed by atoms with Gasteiger partial charge in [0.15, 0.2) is 11.6 Å². The molecular formula is C14H17FN2OS. The first-order valence-corrected chi connectivity index (χ1v) is 7.09. The summed E-state index contributed by atoms with van der Waals surface area (Å²) in [5, 5.41) is 3.42. The van der Waals surface area contributed by atoms with Crippen LogP contribution >= 0.6 is 11.3 Å². The normalized spacial score (nSPS) is 12.4. The molecule has 1 unspecified atom stereocenters. The molecule has 1 heterocycles. The Balaban J connectivity index is 2.30. The molecule has 1 aromatic heterocycles. The topological polar surface area (TPSA) is 34.1 Å². The van der Waals surface area contributed by atoms with Crippen molar-refractivity contribution < 1.29 is 9.13 Å². The average Bonchev–Trinajstić information content (AvgIpc) is 2.93. The molecule has 0 saturated carbocycles. The summed E-state index contributed by atoms with van der Waals surface area (Å²) in [5.41, 5.74) is 2.67. The summed E-state index contributed by atoms with van der Waals surface area (Å²) >= 11 is 1.56. The molecule has 0 amide bonds. The van der Waals surface area contributed by atoms with Crippen molar-refractivity contribution >= 4 is 11.3 Å². The molecule has 1 N–H and O–H groups in total. The second-order valence-corrected chi connectivity index (χ2v) is 5.10. The van der Waals surface area contributed by atoms with E-state index in [1.165, 1.54) is 13.2 Å². The van der Waals surface area contributed by atoms with Gasteiger partial charge in [-0.3, -0.25) is 4.98 Å². The number of methoxy groups -OCH3 is 1. The van der Waals surface area contributed by atoms with Crippen LogP contribution in [-0.4, -0.2) is 18.6 Å². The minimum atomic E-state index is -0.340. The van der Waals surface area contributed by atoms with Crippen molar-refractivity contribution in [1.82, 2.24) is 10.3 Å². The van der Waals surface area contributed by atoms with Crippen LogP contribution in [-0.2, 0) is 0 Å². The van der Waals surface area contributed by atoms with Crippen LogP contribution in [0.4, 0.5) is 4.39 Å². The Hall–Kier alpha value is -1.46. The van der Waals surface area contributed by atoms with Gasteiger partial charge in [0, 0.05) is 11.1 Å². The molecule has 1 aromatic carbocycles. The highest BCUT2D eigenvalue weighted by Gasteiger charge is 2.16. The van der Waals surface area contributed by atoms with Crippen molar-refractivity contribution in [1.29, 1.82) is 0 Å². The Kier molecular flexibility index (Phi) is 4.87. The molecule has 19 heavy (non-hydrogen) atoms. The van der Waals surface area contributed by atoms with Gasteiger partial charge < -0.3 is 10.1 Å². The van der Waals surface area contributed by atoms with Crippen LogP contribution in [0.1, 0.15) is 29.8 Å². The van der Waals surface area contributed by atoms with Crippen LogP contribution in [0, 0.1) is 5.82 Å². The summed E-state index contributed by atoms with van der Waals surface area (Å²) in [7, 11) is 1.47. The highest BCUT2D eigenvalue weighted by Crippen LogP contribution is 2.28. The van der Waals surface area contributed by atoms with Crippen LogP contribution in [0.15, 0.2) is 29.9 Å². The van der Waals surface area contributed by atoms with E-state index in [2.05, 4.69) is 17.2 Å². The number of aromatic nitrogens is 1. The van der Waals surface area contributed by atoms with E-state index in [4.69, 9.17) is 4.74 Å². The zero-order valence-electron chi connectivity index (χ0n) is 11.0. The molecule has 0 saturated heterocycles. The lowest BCUT2D eigenvalue weighted by Gasteiger charge is -2.17. The number of ether oxygens (including phenoxy) is 1. The molecule has 0 aliphatic rings. The van der Waals surface area contributed by atoms with Gasteiger partial charge in [0.25, 0.3) is 0 Å². The van der Waals surface area contributed by atoms with Gasteiger partial charge in [0.05, 0.1) is 18.7 Å². The van der Waals surface area contributed by atoms with Crippen molar-refractivity contribution in [3.63, 3.8) is 0 Å². The Bertz CT molecular complexity index is 516. The number of hydrogen-bond donors (Lipinski definition) is 1. The van der Waals surface area contributed by atoms with Crippen LogP contribution < -0.4 is 10.1 Å². The fourth-order valence-corrected chi connectivity index (χ4v) is 2.62. The minimum Gasteiger partial charge on any atom is -0.494 e. The van der Waals surface area contributed by atoms with Gasteiger partial charge >= 0.3 is 0 Å². The minimum absolute atomic E-state index is 0.0205. The summed E-state index contributed by atoms with van der Waals surface area (Å²) in [6.45, 7) is 2.97. The van der Waals surface area contributed by atoms with E-state index in [0.717, 1.165) is 23.4 Å². The van der Waals surface area contributed by atoms with Gasteiger partial charge in [-0.2, -0.15) is 0 Å². The molecule has 2 rings (SSSR count).